The van der Waals surface area contributed by atoms with Crippen LogP contribution in [0.3, 0.4) is 0 Å². The second kappa shape index (κ2) is 18.3. The van der Waals surface area contributed by atoms with E-state index < -0.39 is 40.8 Å². The first-order valence-corrected chi connectivity index (χ1v) is 21.2. The maximum atomic E-state index is 13.6. The predicted molar refractivity (Wildman–Crippen MR) is 217 cm³/mol. The average molecular weight is 839 g/mol. The number of carbonyl (C=O) groups excluding carboxylic acids is 5. The van der Waals surface area contributed by atoms with Crippen LogP contribution >= 0.6 is 11.9 Å². The number of imide groups is 2. The van der Waals surface area contributed by atoms with Crippen LogP contribution in [0.1, 0.15) is 96.6 Å². The molecule has 1 aliphatic carbocycles. The standard InChI is InChI=1S/C42H53F3N8O5S/c1-26-23-50(24-27(2)51(26)25-37(55)48-31-10-7-9-30(20-31)47-35-17-18-36(54)49-38(35)56)19-6-5-8-28-11-14-32(15-12-28)52-40(58)53(39(57)41(52,3)4)59-33-16-13-29(22-46)34(21-33)42(43,44)45/h7,9-10,13,16,20-21,26-28,32,35,47H,5-6,8,11-12,14-15,17-19,23-25H2,1-4H3,(H,48,55)(H,49,54,56)/t26-,27+,28?,32?,35?. The minimum Gasteiger partial charge on any atom is -0.374 e. The Kier molecular flexibility index (Phi) is 13.6. The van der Waals surface area contributed by atoms with Gasteiger partial charge in [-0.2, -0.15) is 22.7 Å². The van der Waals surface area contributed by atoms with E-state index >= 15 is 0 Å². The molecule has 4 fully saturated rings. The van der Waals surface area contributed by atoms with Crippen LogP contribution in [0.25, 0.3) is 0 Å². The highest BCUT2D eigenvalue weighted by Crippen LogP contribution is 2.43. The van der Waals surface area contributed by atoms with Crippen molar-refractivity contribution in [1.82, 2.24) is 24.3 Å². The summed E-state index contributed by atoms with van der Waals surface area (Å²) in [5.41, 5.74) is -1.47. The van der Waals surface area contributed by atoms with Gasteiger partial charge in [-0.3, -0.25) is 29.4 Å². The third-order valence-electron chi connectivity index (χ3n) is 12.1. The van der Waals surface area contributed by atoms with Gasteiger partial charge in [-0.25, -0.2) is 4.79 Å². The predicted octanol–water partition coefficient (Wildman–Crippen LogP) is 6.61. The molecule has 2 aromatic carbocycles. The maximum absolute atomic E-state index is 13.6. The fraction of sp³-hybridized carbons (Fsp3) is 0.571. The van der Waals surface area contributed by atoms with Crippen molar-refractivity contribution in [2.45, 2.75) is 126 Å². The first kappa shape index (κ1) is 43.9. The van der Waals surface area contributed by atoms with Crippen molar-refractivity contribution in [3.05, 3.63) is 53.6 Å². The van der Waals surface area contributed by atoms with Crippen LogP contribution in [-0.4, -0.2) is 105 Å². The van der Waals surface area contributed by atoms with Gasteiger partial charge in [0.05, 0.1) is 23.7 Å². The molecule has 0 radical (unpaired) electrons. The van der Waals surface area contributed by atoms with Crippen LogP contribution in [0.15, 0.2) is 47.4 Å². The summed E-state index contributed by atoms with van der Waals surface area (Å²) in [5.74, 6) is -0.716. The molecule has 1 unspecified atom stereocenters. The Morgan fingerprint density at radius 2 is 1.66 bits per heavy atom. The molecule has 318 valence electrons. The summed E-state index contributed by atoms with van der Waals surface area (Å²) >= 11 is 0.661. The van der Waals surface area contributed by atoms with Crippen molar-refractivity contribution < 1.29 is 37.1 Å². The van der Waals surface area contributed by atoms with Gasteiger partial charge in [0, 0.05) is 53.9 Å². The summed E-state index contributed by atoms with van der Waals surface area (Å²) in [7, 11) is 0. The largest absolute Gasteiger partial charge is 0.417 e. The van der Waals surface area contributed by atoms with E-state index in [4.69, 9.17) is 5.26 Å². The number of urea groups is 1. The van der Waals surface area contributed by atoms with E-state index in [2.05, 4.69) is 39.6 Å². The highest BCUT2D eigenvalue weighted by Gasteiger charge is 2.54. The van der Waals surface area contributed by atoms with Crippen LogP contribution in [0.5, 0.6) is 0 Å². The third kappa shape index (κ3) is 10.4. The van der Waals surface area contributed by atoms with E-state index in [0.717, 1.165) is 81.0 Å². The van der Waals surface area contributed by atoms with Crippen molar-refractivity contribution in [3.8, 4) is 6.07 Å². The molecular formula is C42H53F3N8O5S. The van der Waals surface area contributed by atoms with Gasteiger partial charge in [-0.05, 0) is 127 Å². The Bertz CT molecular complexity index is 1950. The number of hydrogen-bond donors (Lipinski definition) is 3. The number of nitrogens with one attached hydrogen (secondary N) is 3. The SMILES string of the molecule is C[C@@H]1CN(CCCCC2CCC(N3C(=O)N(Sc4ccc(C#N)c(C(F)(F)F)c4)C(=O)C3(C)C)CC2)C[C@H](C)N1CC(=O)Nc1cccc(NC2CCC(=O)NC2=O)c1. The number of halogens is 3. The Morgan fingerprint density at radius 1 is 0.966 bits per heavy atom. The van der Waals surface area contributed by atoms with Crippen molar-refractivity contribution in [2.75, 3.05) is 36.8 Å². The topological polar surface area (TPSA) is 158 Å². The Morgan fingerprint density at radius 3 is 2.32 bits per heavy atom. The lowest BCUT2D eigenvalue weighted by molar-refractivity contribution is -0.138. The summed E-state index contributed by atoms with van der Waals surface area (Å²) in [5, 5.41) is 17.6. The number of carbonyl (C=O) groups is 5. The number of piperazine rings is 1. The summed E-state index contributed by atoms with van der Waals surface area (Å²) in [6.07, 6.45) is 2.46. The molecule has 6 rings (SSSR count). The zero-order chi connectivity index (χ0) is 42.6. The summed E-state index contributed by atoms with van der Waals surface area (Å²) in [6, 6.07) is 11.1. The van der Waals surface area contributed by atoms with Crippen LogP contribution in [0, 0.1) is 17.2 Å². The first-order chi connectivity index (χ1) is 27.9. The number of nitrogens with zero attached hydrogens (tertiary/aromatic N) is 5. The normalized spacial score (nSPS) is 25.5. The minimum absolute atomic E-state index is 0.0515. The van der Waals surface area contributed by atoms with E-state index in [9.17, 15) is 37.1 Å². The monoisotopic (exact) mass is 838 g/mol. The molecule has 0 bridgehead atoms. The number of hydrogen-bond acceptors (Lipinski definition) is 10. The maximum Gasteiger partial charge on any atom is 0.417 e. The third-order valence-corrected chi connectivity index (χ3v) is 13.0. The zero-order valence-electron chi connectivity index (χ0n) is 33.9. The summed E-state index contributed by atoms with van der Waals surface area (Å²) in [4.78, 5) is 70.2. The number of anilines is 2. The van der Waals surface area contributed by atoms with E-state index in [0.29, 0.717) is 35.7 Å². The van der Waals surface area contributed by atoms with Crippen molar-refractivity contribution in [1.29, 1.82) is 5.26 Å². The molecule has 6 amide bonds. The van der Waals surface area contributed by atoms with Crippen LogP contribution in [0.4, 0.5) is 29.3 Å². The number of benzene rings is 2. The quantitative estimate of drug-likeness (QED) is 0.0869. The van der Waals surface area contributed by atoms with Gasteiger partial charge in [0.15, 0.2) is 0 Å². The number of amides is 6. The lowest BCUT2D eigenvalue weighted by atomic mass is 9.81. The molecule has 0 aromatic heterocycles. The number of rotatable bonds is 13. The highest BCUT2D eigenvalue weighted by molar-refractivity contribution is 7.98. The van der Waals surface area contributed by atoms with E-state index in [1.807, 2.05) is 6.07 Å². The fourth-order valence-electron chi connectivity index (χ4n) is 8.99. The first-order valence-electron chi connectivity index (χ1n) is 20.4. The van der Waals surface area contributed by atoms with Gasteiger partial charge in [0.2, 0.25) is 17.7 Å². The van der Waals surface area contributed by atoms with Gasteiger partial charge in [0.1, 0.15) is 11.6 Å². The van der Waals surface area contributed by atoms with Crippen molar-refractivity contribution >= 4 is 53.0 Å². The zero-order valence-corrected chi connectivity index (χ0v) is 34.8. The molecule has 59 heavy (non-hydrogen) atoms. The number of alkyl halides is 3. The van der Waals surface area contributed by atoms with E-state index in [-0.39, 0.29) is 53.7 Å². The molecule has 3 atom stereocenters. The second-order valence-corrected chi connectivity index (χ2v) is 17.8. The molecule has 4 aliphatic rings. The second-order valence-electron chi connectivity index (χ2n) is 16.8. The summed E-state index contributed by atoms with van der Waals surface area (Å²) < 4.78 is 41.7. The van der Waals surface area contributed by atoms with E-state index in [1.165, 1.54) is 6.07 Å². The molecule has 13 nitrogen and oxygen atoms in total. The lowest BCUT2D eigenvalue weighted by Crippen LogP contribution is -2.58. The van der Waals surface area contributed by atoms with E-state index in [1.54, 1.807) is 43.0 Å². The van der Waals surface area contributed by atoms with Crippen LogP contribution < -0.4 is 16.0 Å². The molecule has 2 aromatic rings. The molecule has 17 heteroatoms. The number of nitriles is 1. The fourth-order valence-corrected chi connectivity index (χ4v) is 9.97. The highest BCUT2D eigenvalue weighted by atomic mass is 32.2. The van der Waals surface area contributed by atoms with Gasteiger partial charge in [-0.1, -0.05) is 18.9 Å². The van der Waals surface area contributed by atoms with Crippen molar-refractivity contribution in [2.24, 2.45) is 5.92 Å². The molecule has 0 spiro atoms. The van der Waals surface area contributed by atoms with Crippen LogP contribution in [-0.2, 0) is 25.4 Å². The molecule has 1 saturated carbocycles. The van der Waals surface area contributed by atoms with Crippen LogP contribution in [0.2, 0.25) is 0 Å². The molecule has 3 N–H and O–H groups in total. The van der Waals surface area contributed by atoms with Gasteiger partial charge < -0.3 is 20.4 Å². The Balaban J connectivity index is 0.908. The lowest BCUT2D eigenvalue weighted by Gasteiger charge is -2.44. The molecular weight excluding hydrogens is 786 g/mol. The summed E-state index contributed by atoms with van der Waals surface area (Å²) in [6.45, 7) is 10.6. The van der Waals surface area contributed by atoms with Gasteiger partial charge in [0.25, 0.3) is 5.91 Å². The smallest absolute Gasteiger partial charge is 0.374 e. The van der Waals surface area contributed by atoms with Crippen molar-refractivity contribution in [3.63, 3.8) is 0 Å². The Hall–Kier alpha value is -4.66. The molecule has 3 saturated heterocycles. The molecule has 3 aliphatic heterocycles. The Labute approximate surface area is 347 Å². The minimum atomic E-state index is -4.75. The number of unbranched alkanes of at least 4 members (excludes halogenated alkanes) is 1. The average Bonchev–Trinajstić information content (AvgIpc) is 3.34. The van der Waals surface area contributed by atoms with Gasteiger partial charge >= 0.3 is 12.2 Å². The molecule has 3 heterocycles. The number of piperidine rings is 1. The van der Waals surface area contributed by atoms with Gasteiger partial charge in [-0.15, -0.1) is 0 Å².